The molecule has 4 nitrogen and oxygen atoms in total. The van der Waals surface area contributed by atoms with Gasteiger partial charge in [-0.25, -0.2) is 0 Å². The molecule has 1 atom stereocenters. The van der Waals surface area contributed by atoms with Crippen molar-refractivity contribution in [3.8, 4) is 0 Å². The first-order chi connectivity index (χ1) is 10.3. The quantitative estimate of drug-likeness (QED) is 0.716. The van der Waals surface area contributed by atoms with Crippen LogP contribution in [0.1, 0.15) is 51.4 Å². The van der Waals surface area contributed by atoms with Gasteiger partial charge < -0.3 is 15.2 Å². The summed E-state index contributed by atoms with van der Waals surface area (Å²) < 4.78 is 5.62. The number of likely N-dealkylation sites (tertiary alicyclic amines) is 1. The summed E-state index contributed by atoms with van der Waals surface area (Å²) in [7, 11) is 0. The number of nitrogens with one attached hydrogen (secondary N) is 1. The number of ether oxygens (including phenoxy) is 1. The third-order valence-electron chi connectivity index (χ3n) is 5.63. The molecule has 1 aliphatic carbocycles. The van der Waals surface area contributed by atoms with Gasteiger partial charge >= 0.3 is 0 Å². The molecule has 3 fully saturated rings. The van der Waals surface area contributed by atoms with Crippen molar-refractivity contribution < 1.29 is 9.84 Å². The predicted octanol–water partition coefficient (Wildman–Crippen LogP) is 1.77. The van der Waals surface area contributed by atoms with Gasteiger partial charge in [0, 0.05) is 45.0 Å². The molecular formula is C17H32N2O2. The predicted molar refractivity (Wildman–Crippen MR) is 84.4 cm³/mol. The average molecular weight is 296 g/mol. The largest absolute Gasteiger partial charge is 0.396 e. The van der Waals surface area contributed by atoms with Crippen molar-refractivity contribution >= 4 is 0 Å². The number of hydrogen-bond donors (Lipinski definition) is 2. The lowest BCUT2D eigenvalue weighted by atomic mass is 9.79. The van der Waals surface area contributed by atoms with Gasteiger partial charge in [0.05, 0.1) is 0 Å². The van der Waals surface area contributed by atoms with Gasteiger partial charge in [-0.15, -0.1) is 0 Å². The van der Waals surface area contributed by atoms with Gasteiger partial charge in [-0.05, 0) is 63.3 Å². The van der Waals surface area contributed by atoms with Crippen LogP contribution in [0.25, 0.3) is 0 Å². The fraction of sp³-hybridized carbons (Fsp3) is 1.00. The highest BCUT2D eigenvalue weighted by Crippen LogP contribution is 2.35. The maximum atomic E-state index is 9.09. The highest BCUT2D eigenvalue weighted by molar-refractivity contribution is 4.93. The molecule has 0 aromatic rings. The maximum Gasteiger partial charge on any atom is 0.0472 e. The summed E-state index contributed by atoms with van der Waals surface area (Å²) in [5, 5.41) is 12.9. The van der Waals surface area contributed by atoms with Gasteiger partial charge in [0.1, 0.15) is 0 Å². The summed E-state index contributed by atoms with van der Waals surface area (Å²) in [5.41, 5.74) is 0.419. The molecule has 3 rings (SSSR count). The van der Waals surface area contributed by atoms with Gasteiger partial charge in [-0.1, -0.05) is 0 Å². The molecule has 0 spiro atoms. The zero-order valence-corrected chi connectivity index (χ0v) is 13.4. The van der Waals surface area contributed by atoms with Crippen LogP contribution in [0.5, 0.6) is 0 Å². The van der Waals surface area contributed by atoms with Crippen LogP contribution in [0, 0.1) is 5.41 Å². The van der Waals surface area contributed by atoms with Gasteiger partial charge in [0.2, 0.25) is 0 Å². The lowest BCUT2D eigenvalue weighted by Gasteiger charge is -2.42. The molecule has 1 saturated carbocycles. The number of nitrogens with zero attached hydrogens (tertiary/aromatic N) is 1. The first kappa shape index (κ1) is 15.7. The molecule has 0 bridgehead atoms. The van der Waals surface area contributed by atoms with Crippen LogP contribution < -0.4 is 5.32 Å². The molecule has 0 aromatic heterocycles. The third-order valence-corrected chi connectivity index (χ3v) is 5.63. The van der Waals surface area contributed by atoms with Crippen LogP contribution in [0.3, 0.4) is 0 Å². The van der Waals surface area contributed by atoms with E-state index in [1.807, 2.05) is 0 Å². The second-order valence-electron chi connectivity index (χ2n) is 7.40. The summed E-state index contributed by atoms with van der Waals surface area (Å²) in [6.45, 7) is 5.86. The SMILES string of the molecule is OCCCC1CCCN1CC1(CNC2CC2)CCOCC1. The molecule has 0 radical (unpaired) electrons. The number of aliphatic hydroxyl groups is 1. The van der Waals surface area contributed by atoms with Crippen molar-refractivity contribution in [2.24, 2.45) is 5.41 Å². The molecule has 1 unspecified atom stereocenters. The van der Waals surface area contributed by atoms with Crippen LogP contribution in [-0.2, 0) is 4.74 Å². The molecule has 21 heavy (non-hydrogen) atoms. The Labute approximate surface area is 129 Å². The molecule has 2 saturated heterocycles. The zero-order chi connectivity index (χ0) is 14.5. The first-order valence-corrected chi connectivity index (χ1v) is 8.97. The molecule has 0 aromatic carbocycles. The average Bonchev–Trinajstić information content (AvgIpc) is 3.25. The molecule has 2 aliphatic heterocycles. The van der Waals surface area contributed by atoms with Crippen molar-refractivity contribution in [2.45, 2.75) is 63.5 Å². The lowest BCUT2D eigenvalue weighted by Crippen LogP contribution is -2.49. The van der Waals surface area contributed by atoms with Crippen LogP contribution in [0.15, 0.2) is 0 Å². The minimum absolute atomic E-state index is 0.340. The minimum atomic E-state index is 0.340. The summed E-state index contributed by atoms with van der Waals surface area (Å²) >= 11 is 0. The van der Waals surface area contributed by atoms with E-state index < -0.39 is 0 Å². The highest BCUT2D eigenvalue weighted by atomic mass is 16.5. The van der Waals surface area contributed by atoms with E-state index in [1.54, 1.807) is 0 Å². The number of hydrogen-bond acceptors (Lipinski definition) is 4. The van der Waals surface area contributed by atoms with Crippen molar-refractivity contribution in [3.63, 3.8) is 0 Å². The Bertz CT molecular complexity index is 314. The molecule has 122 valence electrons. The van der Waals surface area contributed by atoms with Crippen LogP contribution in [-0.4, -0.2) is 61.5 Å². The first-order valence-electron chi connectivity index (χ1n) is 8.97. The summed E-state index contributed by atoms with van der Waals surface area (Å²) in [6.07, 6.45) is 9.93. The Kier molecular flexibility index (Phi) is 5.54. The Morgan fingerprint density at radius 3 is 2.71 bits per heavy atom. The summed E-state index contributed by atoms with van der Waals surface area (Å²) in [4.78, 5) is 2.72. The number of aliphatic hydroxyl groups excluding tert-OH is 1. The van der Waals surface area contributed by atoms with Crippen molar-refractivity contribution in [2.75, 3.05) is 39.5 Å². The topological polar surface area (TPSA) is 44.7 Å². The van der Waals surface area contributed by atoms with Gasteiger partial charge in [-0.3, -0.25) is 4.90 Å². The molecule has 2 N–H and O–H groups in total. The molecule has 2 heterocycles. The van der Waals surface area contributed by atoms with Gasteiger partial charge in [0.25, 0.3) is 0 Å². The lowest BCUT2D eigenvalue weighted by molar-refractivity contribution is -0.00742. The molecule has 0 amide bonds. The Morgan fingerprint density at radius 2 is 2.00 bits per heavy atom. The van der Waals surface area contributed by atoms with E-state index in [9.17, 15) is 0 Å². The van der Waals surface area contributed by atoms with Gasteiger partial charge in [-0.2, -0.15) is 0 Å². The second kappa shape index (κ2) is 7.40. The van der Waals surface area contributed by atoms with E-state index in [-0.39, 0.29) is 0 Å². The van der Waals surface area contributed by atoms with Crippen LogP contribution >= 0.6 is 0 Å². The minimum Gasteiger partial charge on any atom is -0.396 e. The van der Waals surface area contributed by atoms with E-state index in [1.165, 1.54) is 64.6 Å². The Balaban J connectivity index is 1.56. The Morgan fingerprint density at radius 1 is 1.19 bits per heavy atom. The second-order valence-corrected chi connectivity index (χ2v) is 7.40. The normalized spacial score (nSPS) is 29.9. The standard InChI is InChI=1S/C17H32N2O2/c20-10-2-4-16-3-1-9-19(16)14-17(7-11-21-12-8-17)13-18-15-5-6-15/h15-16,18,20H,1-14H2. The summed E-state index contributed by atoms with van der Waals surface area (Å²) in [5.74, 6) is 0. The van der Waals surface area contributed by atoms with E-state index >= 15 is 0 Å². The fourth-order valence-corrected chi connectivity index (χ4v) is 4.03. The van der Waals surface area contributed by atoms with Gasteiger partial charge in [0.15, 0.2) is 0 Å². The van der Waals surface area contributed by atoms with Crippen molar-refractivity contribution in [1.29, 1.82) is 0 Å². The van der Waals surface area contributed by atoms with Crippen LogP contribution in [0.2, 0.25) is 0 Å². The third kappa shape index (κ3) is 4.41. The maximum absolute atomic E-state index is 9.09. The Hall–Kier alpha value is -0.160. The van der Waals surface area contributed by atoms with E-state index in [2.05, 4.69) is 10.2 Å². The zero-order valence-electron chi connectivity index (χ0n) is 13.4. The van der Waals surface area contributed by atoms with E-state index in [0.717, 1.165) is 25.7 Å². The monoisotopic (exact) mass is 296 g/mol. The fourth-order valence-electron chi connectivity index (χ4n) is 4.03. The molecule has 4 heteroatoms. The summed E-state index contributed by atoms with van der Waals surface area (Å²) in [6, 6.07) is 1.51. The van der Waals surface area contributed by atoms with Crippen LogP contribution in [0.4, 0.5) is 0 Å². The van der Waals surface area contributed by atoms with Crippen molar-refractivity contribution in [3.05, 3.63) is 0 Å². The van der Waals surface area contributed by atoms with Crippen molar-refractivity contribution in [1.82, 2.24) is 10.2 Å². The highest BCUT2D eigenvalue weighted by Gasteiger charge is 2.38. The van der Waals surface area contributed by atoms with E-state index in [4.69, 9.17) is 9.84 Å². The molecular weight excluding hydrogens is 264 g/mol. The smallest absolute Gasteiger partial charge is 0.0472 e. The van der Waals surface area contributed by atoms with E-state index in [0.29, 0.717) is 18.1 Å². The number of rotatable bonds is 8. The molecule has 3 aliphatic rings.